The minimum atomic E-state index is -0.567. The van der Waals surface area contributed by atoms with Crippen molar-refractivity contribution in [3.05, 3.63) is 62.5 Å². The lowest BCUT2D eigenvalue weighted by molar-refractivity contribution is 0.380. The highest BCUT2D eigenvalue weighted by Gasteiger charge is 2.25. The Labute approximate surface area is 172 Å². The van der Waals surface area contributed by atoms with E-state index in [2.05, 4.69) is 10.3 Å². The zero-order chi connectivity index (χ0) is 20.5. The molecule has 0 aliphatic heterocycles. The zero-order valence-electron chi connectivity index (χ0n) is 16.5. The molecule has 0 unspecified atom stereocenters. The highest BCUT2D eigenvalue weighted by molar-refractivity contribution is 7.18. The molecule has 1 aromatic carbocycles. The molecule has 154 valence electrons. The Morgan fingerprint density at radius 3 is 2.93 bits per heavy atom. The van der Waals surface area contributed by atoms with E-state index < -0.39 is 11.6 Å². The van der Waals surface area contributed by atoms with Gasteiger partial charge in [0.15, 0.2) is 0 Å². The molecular weight excluding hydrogens is 394 g/mol. The Morgan fingerprint density at radius 2 is 2.17 bits per heavy atom. The average molecular weight is 419 g/mol. The molecule has 0 amide bonds. The second kappa shape index (κ2) is 8.30. The Kier molecular flexibility index (Phi) is 5.76. The molecule has 0 bridgehead atoms. The average Bonchev–Trinajstić information content (AvgIpc) is 3.05. The van der Waals surface area contributed by atoms with Gasteiger partial charge in [0.25, 0.3) is 5.56 Å². The quantitative estimate of drug-likeness (QED) is 0.669. The van der Waals surface area contributed by atoms with Gasteiger partial charge in [-0.2, -0.15) is 0 Å². The first-order chi connectivity index (χ1) is 13.9. The van der Waals surface area contributed by atoms with Gasteiger partial charge in [0, 0.05) is 42.2 Å². The van der Waals surface area contributed by atoms with Gasteiger partial charge in [0.05, 0.1) is 11.7 Å². The number of benzene rings is 1. The third kappa shape index (κ3) is 4.24. The van der Waals surface area contributed by atoms with E-state index in [4.69, 9.17) is 0 Å². The fraction of sp³-hybridized carbons (Fsp3) is 0.429. The van der Waals surface area contributed by atoms with Gasteiger partial charge in [-0.25, -0.2) is 13.8 Å². The standard InChI is InChI=1S/C21H24F2N4OS/c1-26(2)7-8-27-12-25-20-19(21(27)28)16-6-5-15(10-18(16)29-20)24-11-13-3-4-14(22)9-17(13)23/h3-4,9,12,15,24H,5-8,10-11H2,1-2H3/t15-/m1/s1. The molecule has 2 heterocycles. The van der Waals surface area contributed by atoms with E-state index in [1.165, 1.54) is 17.0 Å². The van der Waals surface area contributed by atoms with Gasteiger partial charge >= 0.3 is 0 Å². The van der Waals surface area contributed by atoms with Crippen LogP contribution in [0.3, 0.4) is 0 Å². The van der Waals surface area contributed by atoms with Crippen LogP contribution in [0.1, 0.15) is 22.4 Å². The smallest absolute Gasteiger partial charge is 0.262 e. The molecule has 4 rings (SSSR count). The number of halogens is 2. The zero-order valence-corrected chi connectivity index (χ0v) is 17.4. The fourth-order valence-corrected chi connectivity index (χ4v) is 5.02. The largest absolute Gasteiger partial charge is 0.309 e. The summed E-state index contributed by atoms with van der Waals surface area (Å²) in [5.74, 6) is -1.10. The van der Waals surface area contributed by atoms with Crippen LogP contribution in [0.25, 0.3) is 10.2 Å². The molecule has 2 aromatic heterocycles. The van der Waals surface area contributed by atoms with Gasteiger partial charge < -0.3 is 10.2 Å². The van der Waals surface area contributed by atoms with Crippen molar-refractivity contribution >= 4 is 21.6 Å². The van der Waals surface area contributed by atoms with Crippen molar-refractivity contribution in [2.45, 2.75) is 38.4 Å². The molecular formula is C21H24F2N4OS. The van der Waals surface area contributed by atoms with Crippen molar-refractivity contribution < 1.29 is 8.78 Å². The number of nitrogens with one attached hydrogen (secondary N) is 1. The van der Waals surface area contributed by atoms with Crippen molar-refractivity contribution in [2.24, 2.45) is 0 Å². The Hall–Kier alpha value is -2.16. The Balaban J connectivity index is 1.51. The first-order valence-corrected chi connectivity index (χ1v) is 10.6. The number of aromatic nitrogens is 2. The van der Waals surface area contributed by atoms with Crippen molar-refractivity contribution in [2.75, 3.05) is 20.6 Å². The molecule has 1 aliphatic rings. The minimum Gasteiger partial charge on any atom is -0.309 e. The van der Waals surface area contributed by atoms with E-state index in [-0.39, 0.29) is 11.6 Å². The number of fused-ring (bicyclic) bond motifs is 3. The van der Waals surface area contributed by atoms with Crippen LogP contribution < -0.4 is 10.9 Å². The highest BCUT2D eigenvalue weighted by Crippen LogP contribution is 2.33. The molecule has 0 fully saturated rings. The predicted octanol–water partition coefficient (Wildman–Crippen LogP) is 2.94. The molecule has 29 heavy (non-hydrogen) atoms. The topological polar surface area (TPSA) is 50.2 Å². The molecule has 5 nitrogen and oxygen atoms in total. The van der Waals surface area contributed by atoms with Crippen molar-refractivity contribution in [1.29, 1.82) is 0 Å². The van der Waals surface area contributed by atoms with Crippen LogP contribution in [0.4, 0.5) is 8.78 Å². The summed E-state index contributed by atoms with van der Waals surface area (Å²) in [6, 6.07) is 3.86. The van der Waals surface area contributed by atoms with Gasteiger partial charge in [-0.1, -0.05) is 6.07 Å². The van der Waals surface area contributed by atoms with Crippen molar-refractivity contribution in [3.8, 4) is 0 Å². The summed E-state index contributed by atoms with van der Waals surface area (Å²) in [7, 11) is 3.96. The predicted molar refractivity (Wildman–Crippen MR) is 111 cm³/mol. The van der Waals surface area contributed by atoms with E-state index in [9.17, 15) is 13.6 Å². The molecule has 0 radical (unpaired) electrons. The molecule has 0 spiro atoms. The summed E-state index contributed by atoms with van der Waals surface area (Å²) in [4.78, 5) is 21.5. The van der Waals surface area contributed by atoms with E-state index in [1.807, 2.05) is 19.0 Å². The number of aryl methyl sites for hydroxylation is 1. The van der Waals surface area contributed by atoms with E-state index in [0.29, 0.717) is 18.7 Å². The number of rotatable bonds is 6. The van der Waals surface area contributed by atoms with E-state index in [0.717, 1.165) is 47.7 Å². The highest BCUT2D eigenvalue weighted by atomic mass is 32.1. The second-order valence-electron chi connectivity index (χ2n) is 7.79. The lowest BCUT2D eigenvalue weighted by Gasteiger charge is -2.23. The van der Waals surface area contributed by atoms with Crippen LogP contribution in [0.2, 0.25) is 0 Å². The van der Waals surface area contributed by atoms with Gasteiger partial charge in [-0.15, -0.1) is 11.3 Å². The van der Waals surface area contributed by atoms with Crippen LogP contribution in [-0.4, -0.2) is 41.1 Å². The lowest BCUT2D eigenvalue weighted by Crippen LogP contribution is -2.34. The first kappa shape index (κ1) is 20.1. The summed E-state index contributed by atoms with van der Waals surface area (Å²) in [6.07, 6.45) is 4.10. The number of hydrogen-bond donors (Lipinski definition) is 1. The van der Waals surface area contributed by atoms with Gasteiger partial charge in [0.1, 0.15) is 16.5 Å². The van der Waals surface area contributed by atoms with Gasteiger partial charge in [-0.05, 0) is 45.0 Å². The second-order valence-corrected chi connectivity index (χ2v) is 8.87. The van der Waals surface area contributed by atoms with E-state index in [1.54, 1.807) is 22.2 Å². The fourth-order valence-electron chi connectivity index (χ4n) is 3.76. The summed E-state index contributed by atoms with van der Waals surface area (Å²) >= 11 is 1.58. The summed E-state index contributed by atoms with van der Waals surface area (Å²) < 4.78 is 28.6. The third-order valence-corrected chi connectivity index (χ3v) is 6.58. The van der Waals surface area contributed by atoms with Crippen LogP contribution in [0.15, 0.2) is 29.3 Å². The molecule has 0 saturated heterocycles. The molecule has 3 aromatic rings. The number of nitrogens with zero attached hydrogens (tertiary/aromatic N) is 3. The maximum atomic E-state index is 13.9. The molecule has 1 atom stereocenters. The van der Waals surface area contributed by atoms with Crippen LogP contribution in [0.5, 0.6) is 0 Å². The maximum Gasteiger partial charge on any atom is 0.262 e. The van der Waals surface area contributed by atoms with Gasteiger partial charge in [-0.3, -0.25) is 9.36 Å². The monoisotopic (exact) mass is 418 g/mol. The van der Waals surface area contributed by atoms with Crippen molar-refractivity contribution in [3.63, 3.8) is 0 Å². The number of likely N-dealkylation sites (N-methyl/N-ethyl adjacent to an activating group) is 1. The maximum absolute atomic E-state index is 13.9. The molecule has 1 aliphatic carbocycles. The van der Waals surface area contributed by atoms with Crippen molar-refractivity contribution in [1.82, 2.24) is 19.8 Å². The minimum absolute atomic E-state index is 0.0362. The van der Waals surface area contributed by atoms with Gasteiger partial charge in [0.2, 0.25) is 0 Å². The summed E-state index contributed by atoms with van der Waals surface area (Å²) in [5, 5.41) is 4.14. The SMILES string of the molecule is CN(C)CCn1cnc2sc3c(c2c1=O)CC[C@@H](NCc1ccc(F)cc1F)C3. The Bertz CT molecular complexity index is 1090. The van der Waals surface area contributed by atoms with E-state index >= 15 is 0 Å². The van der Waals surface area contributed by atoms with Crippen LogP contribution in [-0.2, 0) is 25.9 Å². The normalized spacial score (nSPS) is 16.5. The van der Waals surface area contributed by atoms with Crippen LogP contribution >= 0.6 is 11.3 Å². The lowest BCUT2D eigenvalue weighted by atomic mass is 9.93. The molecule has 1 N–H and O–H groups in total. The molecule has 8 heteroatoms. The first-order valence-electron chi connectivity index (χ1n) is 9.74. The molecule has 0 saturated carbocycles. The number of hydrogen-bond acceptors (Lipinski definition) is 5. The number of thiophene rings is 1. The third-order valence-electron chi connectivity index (χ3n) is 5.42. The van der Waals surface area contributed by atoms with Crippen LogP contribution in [0, 0.1) is 11.6 Å². The Morgan fingerprint density at radius 1 is 1.34 bits per heavy atom. The summed E-state index contributed by atoms with van der Waals surface area (Å²) in [6.45, 7) is 1.75. The summed E-state index contributed by atoms with van der Waals surface area (Å²) in [5.41, 5.74) is 1.61.